The molecule has 3 saturated heterocycles. The summed E-state index contributed by atoms with van der Waals surface area (Å²) in [4.78, 5) is 39.2. The van der Waals surface area contributed by atoms with Crippen molar-refractivity contribution in [3.8, 4) is 0 Å². The van der Waals surface area contributed by atoms with Crippen LogP contribution in [0.2, 0.25) is 0 Å². The summed E-state index contributed by atoms with van der Waals surface area (Å²) in [7, 11) is 0. The molecule has 3 amide bonds. The SMILES string of the molecule is O=C1CCC(c2c(F)cc(N3CCC(N4CCNCC4=O)CC3)cc2F)C(=O)N1. The molecule has 3 aliphatic heterocycles. The smallest absolute Gasteiger partial charge is 0.236 e. The maximum absolute atomic E-state index is 14.7. The summed E-state index contributed by atoms with van der Waals surface area (Å²) in [6.45, 7) is 3.02. The second kappa shape index (κ2) is 8.06. The molecule has 4 rings (SSSR count). The Morgan fingerprint density at radius 3 is 2.28 bits per heavy atom. The summed E-state index contributed by atoms with van der Waals surface area (Å²) in [6.07, 6.45) is 1.64. The fraction of sp³-hybridized carbons (Fsp3) is 0.550. The van der Waals surface area contributed by atoms with E-state index in [0.717, 1.165) is 19.4 Å². The van der Waals surface area contributed by atoms with Gasteiger partial charge in [-0.1, -0.05) is 0 Å². The van der Waals surface area contributed by atoms with Gasteiger partial charge >= 0.3 is 0 Å². The van der Waals surface area contributed by atoms with Crippen LogP contribution in [0.5, 0.6) is 0 Å². The van der Waals surface area contributed by atoms with Gasteiger partial charge in [-0.3, -0.25) is 19.7 Å². The number of amides is 3. The molecule has 156 valence electrons. The first-order valence-electron chi connectivity index (χ1n) is 10.0. The highest BCUT2D eigenvalue weighted by Crippen LogP contribution is 2.33. The molecule has 3 fully saturated rings. The molecule has 0 saturated carbocycles. The van der Waals surface area contributed by atoms with Crippen LogP contribution < -0.4 is 15.5 Å². The largest absolute Gasteiger partial charge is 0.371 e. The molecule has 0 spiro atoms. The van der Waals surface area contributed by atoms with Gasteiger partial charge in [0.2, 0.25) is 17.7 Å². The molecule has 0 aliphatic carbocycles. The van der Waals surface area contributed by atoms with E-state index in [0.29, 0.717) is 31.9 Å². The van der Waals surface area contributed by atoms with Gasteiger partial charge in [-0.2, -0.15) is 0 Å². The molecular weight excluding hydrogens is 382 g/mol. The standard InChI is InChI=1S/C20H24F2N4O3/c21-15-9-13(10-16(22)19(15)14-1-2-17(27)24-20(14)29)25-6-3-12(4-7-25)26-8-5-23-11-18(26)28/h9-10,12,14,23H,1-8,11H2,(H,24,27,29). The second-order valence-electron chi connectivity index (χ2n) is 7.81. The first-order chi connectivity index (χ1) is 13.9. The molecular formula is C20H24F2N4O3. The number of hydrogen-bond acceptors (Lipinski definition) is 5. The zero-order valence-corrected chi connectivity index (χ0v) is 16.0. The normalized spacial score (nSPS) is 24.1. The van der Waals surface area contributed by atoms with E-state index in [4.69, 9.17) is 0 Å². The van der Waals surface area contributed by atoms with Crippen molar-refractivity contribution in [3.05, 3.63) is 29.3 Å². The van der Waals surface area contributed by atoms with Crippen molar-refractivity contribution in [2.45, 2.75) is 37.6 Å². The van der Waals surface area contributed by atoms with Crippen molar-refractivity contribution < 1.29 is 23.2 Å². The van der Waals surface area contributed by atoms with Crippen LogP contribution in [0.15, 0.2) is 12.1 Å². The number of nitrogens with one attached hydrogen (secondary N) is 2. The van der Waals surface area contributed by atoms with Gasteiger partial charge in [-0.05, 0) is 31.4 Å². The zero-order valence-electron chi connectivity index (χ0n) is 16.0. The summed E-state index contributed by atoms with van der Waals surface area (Å²) in [6, 6.07) is 2.68. The van der Waals surface area contributed by atoms with E-state index in [1.165, 1.54) is 12.1 Å². The van der Waals surface area contributed by atoms with E-state index in [2.05, 4.69) is 10.6 Å². The van der Waals surface area contributed by atoms with E-state index < -0.39 is 29.4 Å². The third-order valence-electron chi connectivity index (χ3n) is 6.05. The lowest BCUT2D eigenvalue weighted by Gasteiger charge is -2.41. The lowest BCUT2D eigenvalue weighted by atomic mass is 9.89. The van der Waals surface area contributed by atoms with Gasteiger partial charge in [-0.25, -0.2) is 8.78 Å². The molecule has 3 aliphatic rings. The Hall–Kier alpha value is -2.55. The minimum Gasteiger partial charge on any atom is -0.371 e. The van der Waals surface area contributed by atoms with E-state index in [-0.39, 0.29) is 30.4 Å². The summed E-state index contributed by atoms with van der Waals surface area (Å²) in [5, 5.41) is 5.20. The molecule has 29 heavy (non-hydrogen) atoms. The first-order valence-corrected chi connectivity index (χ1v) is 10.0. The van der Waals surface area contributed by atoms with E-state index in [1.54, 1.807) is 0 Å². The highest BCUT2D eigenvalue weighted by Gasteiger charge is 2.34. The Labute approximate surface area is 167 Å². The summed E-state index contributed by atoms with van der Waals surface area (Å²) < 4.78 is 29.5. The summed E-state index contributed by atoms with van der Waals surface area (Å²) in [5.41, 5.74) is 0.154. The van der Waals surface area contributed by atoms with Crippen LogP contribution in [0.25, 0.3) is 0 Å². The predicted octanol–water partition coefficient (Wildman–Crippen LogP) is 0.886. The van der Waals surface area contributed by atoms with Gasteiger partial charge in [0.05, 0.1) is 12.5 Å². The lowest BCUT2D eigenvalue weighted by molar-refractivity contribution is -0.135. The van der Waals surface area contributed by atoms with Crippen molar-refractivity contribution in [2.75, 3.05) is 37.6 Å². The third kappa shape index (κ3) is 3.96. The highest BCUT2D eigenvalue weighted by atomic mass is 19.1. The number of halogens is 2. The van der Waals surface area contributed by atoms with Crippen LogP contribution in [0.4, 0.5) is 14.5 Å². The van der Waals surface area contributed by atoms with Crippen LogP contribution in [-0.4, -0.2) is 61.4 Å². The minimum atomic E-state index is -0.994. The molecule has 0 bridgehead atoms. The van der Waals surface area contributed by atoms with E-state index >= 15 is 0 Å². The van der Waals surface area contributed by atoms with Crippen molar-refractivity contribution >= 4 is 23.4 Å². The van der Waals surface area contributed by atoms with Crippen LogP contribution in [-0.2, 0) is 14.4 Å². The monoisotopic (exact) mass is 406 g/mol. The highest BCUT2D eigenvalue weighted by molar-refractivity contribution is 6.01. The van der Waals surface area contributed by atoms with E-state index in [9.17, 15) is 23.2 Å². The van der Waals surface area contributed by atoms with Gasteiger partial charge in [0.15, 0.2) is 0 Å². The maximum Gasteiger partial charge on any atom is 0.236 e. The number of benzene rings is 1. The third-order valence-corrected chi connectivity index (χ3v) is 6.05. The topological polar surface area (TPSA) is 81.8 Å². The fourth-order valence-electron chi connectivity index (χ4n) is 4.50. The molecule has 1 unspecified atom stereocenters. The van der Waals surface area contributed by atoms with Crippen LogP contribution in [0, 0.1) is 11.6 Å². The molecule has 1 aromatic rings. The van der Waals surface area contributed by atoms with Gasteiger partial charge in [0.25, 0.3) is 0 Å². The molecule has 0 radical (unpaired) electrons. The average molecular weight is 406 g/mol. The van der Waals surface area contributed by atoms with E-state index in [1.807, 2.05) is 9.80 Å². The molecule has 9 heteroatoms. The fourth-order valence-corrected chi connectivity index (χ4v) is 4.50. The molecule has 1 atom stereocenters. The Kier molecular flexibility index (Phi) is 5.49. The summed E-state index contributed by atoms with van der Waals surface area (Å²) >= 11 is 0. The zero-order chi connectivity index (χ0) is 20.5. The number of rotatable bonds is 3. The van der Waals surface area contributed by atoms with Gasteiger partial charge in [0, 0.05) is 49.9 Å². The number of carbonyl (C=O) groups excluding carboxylic acids is 3. The lowest BCUT2D eigenvalue weighted by Crippen LogP contribution is -2.55. The van der Waals surface area contributed by atoms with Crippen molar-refractivity contribution in [3.63, 3.8) is 0 Å². The van der Waals surface area contributed by atoms with Crippen LogP contribution in [0.3, 0.4) is 0 Å². The minimum absolute atomic E-state index is 0.0648. The van der Waals surface area contributed by atoms with Crippen molar-refractivity contribution in [1.82, 2.24) is 15.5 Å². The molecule has 1 aromatic carbocycles. The van der Waals surface area contributed by atoms with Gasteiger partial charge in [-0.15, -0.1) is 0 Å². The number of piperazine rings is 1. The van der Waals surface area contributed by atoms with Crippen LogP contribution >= 0.6 is 0 Å². The predicted molar refractivity (Wildman–Crippen MR) is 101 cm³/mol. The Bertz CT molecular complexity index is 816. The van der Waals surface area contributed by atoms with Crippen molar-refractivity contribution in [2.24, 2.45) is 0 Å². The number of imide groups is 1. The Morgan fingerprint density at radius 2 is 1.66 bits per heavy atom. The quantitative estimate of drug-likeness (QED) is 0.729. The molecule has 2 N–H and O–H groups in total. The Balaban J connectivity index is 1.46. The molecule has 0 aromatic heterocycles. The van der Waals surface area contributed by atoms with Crippen LogP contribution in [0.1, 0.15) is 37.2 Å². The van der Waals surface area contributed by atoms with Gasteiger partial charge in [0.1, 0.15) is 11.6 Å². The molecule has 3 heterocycles. The maximum atomic E-state index is 14.7. The van der Waals surface area contributed by atoms with Gasteiger partial charge < -0.3 is 15.1 Å². The number of anilines is 1. The summed E-state index contributed by atoms with van der Waals surface area (Å²) in [5.74, 6) is -3.52. The number of hydrogen-bond donors (Lipinski definition) is 2. The second-order valence-corrected chi connectivity index (χ2v) is 7.81. The number of nitrogens with zero attached hydrogens (tertiary/aromatic N) is 2. The number of piperidine rings is 2. The molecule has 7 nitrogen and oxygen atoms in total. The first kappa shape index (κ1) is 19.8. The Morgan fingerprint density at radius 1 is 0.966 bits per heavy atom. The number of carbonyl (C=O) groups is 3. The van der Waals surface area contributed by atoms with Crippen molar-refractivity contribution in [1.29, 1.82) is 0 Å². The average Bonchev–Trinajstić information content (AvgIpc) is 2.69.